The average Bonchev–Trinajstić information content (AvgIpc) is 4.09. The molecule has 80 heavy (non-hydrogen) atoms. The molecule has 0 fully saturated rings. The summed E-state index contributed by atoms with van der Waals surface area (Å²) < 4.78 is 4.40. The van der Waals surface area contributed by atoms with Crippen molar-refractivity contribution in [3.63, 3.8) is 0 Å². The second kappa shape index (κ2) is 19.4. The number of rotatable bonds is 8. The van der Waals surface area contributed by atoms with Crippen molar-refractivity contribution in [2.75, 3.05) is 0 Å². The second-order valence-corrected chi connectivity index (χ2v) is 18.9. The molecular weight excluding hydrogens is 985 g/mol. The zero-order valence-electron chi connectivity index (χ0n) is 42.0. The van der Waals surface area contributed by atoms with Gasteiger partial charge in [-0.25, -0.2) is 15.0 Å². The third-order valence-electron chi connectivity index (χ3n) is 14.5. The topological polar surface area (TPSA) is 204 Å². The Kier molecular flexibility index (Phi) is 11.5. The molecule has 0 amide bonds. The van der Waals surface area contributed by atoms with Gasteiger partial charge in [-0.3, -0.25) is 4.98 Å². The van der Waals surface area contributed by atoms with E-state index in [-0.39, 0.29) is 33.4 Å². The molecule has 9 aromatic carbocycles. The number of pyridine rings is 1. The monoisotopic (exact) mass is 1020 g/mol. The highest BCUT2D eigenvalue weighted by Gasteiger charge is 2.25. The minimum atomic E-state index is 0.230. The largest absolute Gasteiger partial charge is 0.309 e. The van der Waals surface area contributed by atoms with Crippen molar-refractivity contribution in [2.24, 2.45) is 0 Å². The molecule has 4 heterocycles. The molecule has 0 aliphatic heterocycles. The van der Waals surface area contributed by atoms with Crippen LogP contribution in [0.15, 0.2) is 207 Å². The van der Waals surface area contributed by atoms with Crippen LogP contribution in [0.5, 0.6) is 0 Å². The second-order valence-electron chi connectivity index (χ2n) is 18.9. The fraction of sp³-hybridized carbons (Fsp3) is 0. The summed E-state index contributed by atoms with van der Waals surface area (Å²) in [6.07, 6.45) is 3.62. The van der Waals surface area contributed by atoms with Gasteiger partial charge in [-0.15, -0.1) is 0 Å². The van der Waals surface area contributed by atoms with E-state index in [2.05, 4.69) is 81.9 Å². The van der Waals surface area contributed by atoms with E-state index in [0.717, 1.165) is 77.2 Å². The molecule has 12 nitrogen and oxygen atoms in total. The molecule has 0 saturated heterocycles. The van der Waals surface area contributed by atoms with Gasteiger partial charge in [-0.2, -0.15) is 31.6 Å². The van der Waals surface area contributed by atoms with Gasteiger partial charge in [-0.05, 0) is 102 Å². The smallest absolute Gasteiger partial charge is 0.164 e. The first-order valence-corrected chi connectivity index (χ1v) is 25.2. The Hall–Kier alpha value is -12.3. The Labute approximate surface area is 457 Å². The van der Waals surface area contributed by atoms with Gasteiger partial charge in [0.25, 0.3) is 0 Å². The Balaban J connectivity index is 1.08. The van der Waals surface area contributed by atoms with Crippen LogP contribution in [0.2, 0.25) is 0 Å². The molecule has 12 heteroatoms. The summed E-state index contributed by atoms with van der Waals surface area (Å²) in [4.78, 5) is 20.3. The molecule has 0 aliphatic carbocycles. The minimum absolute atomic E-state index is 0.230. The van der Waals surface area contributed by atoms with E-state index in [1.165, 1.54) is 24.3 Å². The zero-order valence-corrected chi connectivity index (χ0v) is 42.0. The van der Waals surface area contributed by atoms with Crippen molar-refractivity contribution in [3.8, 4) is 115 Å². The summed E-state index contributed by atoms with van der Waals surface area (Å²) >= 11 is 0. The van der Waals surface area contributed by atoms with Crippen molar-refractivity contribution < 1.29 is 0 Å². The van der Waals surface area contributed by atoms with Crippen LogP contribution in [0.3, 0.4) is 0 Å². The average molecular weight is 1020 g/mol. The van der Waals surface area contributed by atoms with E-state index < -0.39 is 0 Å². The maximum Gasteiger partial charge on any atom is 0.164 e. The molecule has 0 spiro atoms. The molecule has 0 radical (unpaired) electrons. The van der Waals surface area contributed by atoms with Gasteiger partial charge in [0.15, 0.2) is 17.5 Å². The SMILES string of the molecule is N#Cc1cc(C#N)c(-c2ccc3c(c2)c2ccccc2n3-c2ccc(-c3nc(-c4ccccc4)nc(-c4ccccc4)n3)c(-c3cnccc3-n3c4ccccc4c4cc(-c5c(C#N)cc(C#N)cc5C#N)ccc43)c2)c(C#N)c1. The summed E-state index contributed by atoms with van der Waals surface area (Å²) in [7, 11) is 0. The minimum Gasteiger partial charge on any atom is -0.309 e. The van der Waals surface area contributed by atoms with E-state index in [9.17, 15) is 31.6 Å². The standard InChI is InChI=1S/C68H34N12/c69-34-41-27-47(36-71)64(48(28-41)37-72)45-19-23-61-56(31-45)52-15-7-9-17-59(52)79(61)51-21-22-54(68-77-66(43-11-3-1-4-12-43)76-67(78-68)44-13-5-2-6-14-44)55(33-51)58-40-75-26-25-63(58)80-60-18-10-8-16-53(60)57-32-46(20-24-62(57)80)65-49(38-73)29-42(35-70)30-50(65)39-74/h1-33,40H. The summed E-state index contributed by atoms with van der Waals surface area (Å²) in [5.74, 6) is 1.42. The quantitative estimate of drug-likeness (QED) is 0.141. The van der Waals surface area contributed by atoms with Crippen LogP contribution in [-0.4, -0.2) is 29.1 Å². The summed E-state index contributed by atoms with van der Waals surface area (Å²) in [5.41, 5.74) is 12.6. The van der Waals surface area contributed by atoms with Gasteiger partial charge in [0.1, 0.15) is 0 Å². The summed E-state index contributed by atoms with van der Waals surface area (Å²) in [6.45, 7) is 0. The maximum absolute atomic E-state index is 10.3. The Morgan fingerprint density at radius 1 is 0.325 bits per heavy atom. The van der Waals surface area contributed by atoms with Gasteiger partial charge in [0.2, 0.25) is 0 Å². The lowest BCUT2D eigenvalue weighted by Crippen LogP contribution is -2.04. The van der Waals surface area contributed by atoms with Crippen LogP contribution in [0.1, 0.15) is 33.4 Å². The number of fused-ring (bicyclic) bond motifs is 6. The van der Waals surface area contributed by atoms with E-state index in [4.69, 9.17) is 19.9 Å². The van der Waals surface area contributed by atoms with Gasteiger partial charge < -0.3 is 9.13 Å². The highest BCUT2D eigenvalue weighted by Crippen LogP contribution is 2.44. The number of aromatic nitrogens is 6. The molecule has 366 valence electrons. The van der Waals surface area contributed by atoms with E-state index in [1.54, 1.807) is 6.20 Å². The third-order valence-corrected chi connectivity index (χ3v) is 14.5. The van der Waals surface area contributed by atoms with Crippen molar-refractivity contribution in [1.29, 1.82) is 31.6 Å². The lowest BCUT2D eigenvalue weighted by molar-refractivity contribution is 1.07. The lowest BCUT2D eigenvalue weighted by atomic mass is 9.92. The molecule has 0 atom stereocenters. The molecular formula is C68H34N12. The molecule has 13 rings (SSSR count). The Morgan fingerprint density at radius 2 is 0.775 bits per heavy atom. The molecule has 0 aliphatic rings. The zero-order chi connectivity index (χ0) is 54.4. The Morgan fingerprint density at radius 3 is 1.27 bits per heavy atom. The van der Waals surface area contributed by atoms with E-state index in [0.29, 0.717) is 45.3 Å². The predicted molar refractivity (Wildman–Crippen MR) is 307 cm³/mol. The van der Waals surface area contributed by atoms with Crippen LogP contribution >= 0.6 is 0 Å². The van der Waals surface area contributed by atoms with Gasteiger partial charge in [-0.1, -0.05) is 109 Å². The molecule has 0 saturated carbocycles. The fourth-order valence-corrected chi connectivity index (χ4v) is 11.0. The molecule has 0 N–H and O–H groups in total. The number of benzene rings is 9. The summed E-state index contributed by atoms with van der Waals surface area (Å²) in [5, 5.41) is 64.3. The number of nitriles is 6. The van der Waals surface area contributed by atoms with Crippen LogP contribution < -0.4 is 0 Å². The van der Waals surface area contributed by atoms with Crippen molar-refractivity contribution in [3.05, 3.63) is 240 Å². The van der Waals surface area contributed by atoms with E-state index >= 15 is 0 Å². The number of nitrogens with zero attached hydrogens (tertiary/aromatic N) is 12. The molecule has 4 aromatic heterocycles. The molecule has 0 bridgehead atoms. The highest BCUT2D eigenvalue weighted by molar-refractivity contribution is 6.13. The maximum atomic E-state index is 10.3. The Bertz CT molecular complexity index is 4900. The van der Waals surface area contributed by atoms with Gasteiger partial charge in [0, 0.05) is 73.0 Å². The highest BCUT2D eigenvalue weighted by atomic mass is 15.0. The van der Waals surface area contributed by atoms with Crippen molar-refractivity contribution in [1.82, 2.24) is 29.1 Å². The van der Waals surface area contributed by atoms with Crippen molar-refractivity contribution in [2.45, 2.75) is 0 Å². The first-order valence-electron chi connectivity index (χ1n) is 25.2. The van der Waals surface area contributed by atoms with Crippen molar-refractivity contribution >= 4 is 43.6 Å². The lowest BCUT2D eigenvalue weighted by Gasteiger charge is -2.18. The fourth-order valence-electron chi connectivity index (χ4n) is 11.0. The van der Waals surface area contributed by atoms with Gasteiger partial charge >= 0.3 is 0 Å². The first kappa shape index (κ1) is 47.4. The van der Waals surface area contributed by atoms with Crippen LogP contribution in [-0.2, 0) is 0 Å². The first-order chi connectivity index (χ1) is 39.4. The number of hydrogen-bond acceptors (Lipinski definition) is 10. The predicted octanol–water partition coefficient (Wildman–Crippen LogP) is 14.7. The van der Waals surface area contributed by atoms with E-state index in [1.807, 2.05) is 140 Å². The number of para-hydroxylation sites is 2. The van der Waals surface area contributed by atoms with Crippen LogP contribution in [0.4, 0.5) is 0 Å². The molecule has 0 unspecified atom stereocenters. The van der Waals surface area contributed by atoms with Gasteiger partial charge in [0.05, 0.1) is 97.6 Å². The summed E-state index contributed by atoms with van der Waals surface area (Å²) in [6, 6.07) is 75.0. The number of hydrogen-bond donors (Lipinski definition) is 0. The third kappa shape index (κ3) is 7.80. The molecule has 13 aromatic rings. The normalized spacial score (nSPS) is 10.9. The van der Waals surface area contributed by atoms with Crippen LogP contribution in [0.25, 0.3) is 123 Å². The van der Waals surface area contributed by atoms with Crippen LogP contribution in [0, 0.1) is 68.0 Å².